The third kappa shape index (κ3) is 2.35. The molecule has 0 saturated carbocycles. The molecule has 1 saturated heterocycles. The average Bonchev–Trinajstić information content (AvgIpc) is 2.48. The Kier molecular flexibility index (Phi) is 3.12. The minimum atomic E-state index is -0.858. The molecule has 1 N–H and O–H groups in total. The van der Waals surface area contributed by atoms with E-state index in [-0.39, 0.29) is 18.4 Å². The van der Waals surface area contributed by atoms with Gasteiger partial charge in [-0.1, -0.05) is 24.3 Å². The van der Waals surface area contributed by atoms with Crippen LogP contribution in [0.15, 0.2) is 36.4 Å². The highest BCUT2D eigenvalue weighted by atomic mass is 16.2. The van der Waals surface area contributed by atoms with Crippen molar-refractivity contribution in [1.29, 1.82) is 0 Å². The van der Waals surface area contributed by atoms with Gasteiger partial charge in [0.05, 0.1) is 24.3 Å². The van der Waals surface area contributed by atoms with Gasteiger partial charge in [0.1, 0.15) is 5.54 Å². The fraction of sp³-hybridized carbons (Fsp3) is 0.312. The largest absolute Gasteiger partial charge is 0.345 e. The first kappa shape index (κ1) is 13.5. The van der Waals surface area contributed by atoms with Crippen LogP contribution in [-0.2, 0) is 16.1 Å². The lowest BCUT2D eigenvalue weighted by Crippen LogP contribution is -2.63. The third-order valence-corrected chi connectivity index (χ3v) is 3.91. The Morgan fingerprint density at radius 1 is 1.19 bits per heavy atom. The summed E-state index contributed by atoms with van der Waals surface area (Å²) in [7, 11) is 0. The van der Waals surface area contributed by atoms with Gasteiger partial charge in [-0.25, -0.2) is 0 Å². The SMILES string of the molecule is CC1(C)C(=O)NCC(=O)N1Cc1ccc2ccccc2n1. The van der Waals surface area contributed by atoms with Crippen molar-refractivity contribution in [3.63, 3.8) is 0 Å². The van der Waals surface area contributed by atoms with E-state index in [0.29, 0.717) is 6.54 Å². The fourth-order valence-corrected chi connectivity index (χ4v) is 2.55. The molecule has 1 aliphatic heterocycles. The van der Waals surface area contributed by atoms with E-state index in [9.17, 15) is 9.59 Å². The van der Waals surface area contributed by atoms with Crippen LogP contribution in [0.5, 0.6) is 0 Å². The normalized spacial score (nSPS) is 17.9. The number of amides is 2. The van der Waals surface area contributed by atoms with Gasteiger partial charge in [0.2, 0.25) is 11.8 Å². The Labute approximate surface area is 123 Å². The summed E-state index contributed by atoms with van der Waals surface area (Å²) in [4.78, 5) is 30.2. The minimum Gasteiger partial charge on any atom is -0.345 e. The molecule has 0 radical (unpaired) electrons. The van der Waals surface area contributed by atoms with Crippen molar-refractivity contribution in [2.24, 2.45) is 0 Å². The number of aromatic nitrogens is 1. The molecule has 3 rings (SSSR count). The van der Waals surface area contributed by atoms with E-state index in [1.165, 1.54) is 0 Å². The van der Waals surface area contributed by atoms with Crippen LogP contribution in [0.2, 0.25) is 0 Å². The summed E-state index contributed by atoms with van der Waals surface area (Å²) in [6.45, 7) is 3.89. The van der Waals surface area contributed by atoms with Crippen molar-refractivity contribution >= 4 is 22.7 Å². The molecule has 1 aromatic heterocycles. The zero-order valence-corrected chi connectivity index (χ0v) is 12.1. The van der Waals surface area contributed by atoms with Crippen LogP contribution in [0, 0.1) is 0 Å². The summed E-state index contributed by atoms with van der Waals surface area (Å²) in [5.74, 6) is -0.225. The summed E-state index contributed by atoms with van der Waals surface area (Å²) >= 11 is 0. The smallest absolute Gasteiger partial charge is 0.245 e. The van der Waals surface area contributed by atoms with Crippen molar-refractivity contribution in [3.05, 3.63) is 42.1 Å². The lowest BCUT2D eigenvalue weighted by molar-refractivity contribution is -0.152. The number of pyridine rings is 1. The maximum atomic E-state index is 12.1. The Hall–Kier alpha value is -2.43. The second-order valence-electron chi connectivity index (χ2n) is 5.72. The van der Waals surface area contributed by atoms with Crippen LogP contribution >= 0.6 is 0 Å². The van der Waals surface area contributed by atoms with Gasteiger partial charge in [0.15, 0.2) is 0 Å². The second-order valence-corrected chi connectivity index (χ2v) is 5.72. The molecular formula is C16H17N3O2. The van der Waals surface area contributed by atoms with Gasteiger partial charge in [-0.05, 0) is 26.0 Å². The number of rotatable bonds is 2. The molecule has 0 aliphatic carbocycles. The highest BCUT2D eigenvalue weighted by molar-refractivity contribution is 5.97. The number of piperazine rings is 1. The summed E-state index contributed by atoms with van der Waals surface area (Å²) in [5.41, 5.74) is 0.814. The Bertz CT molecular complexity index is 724. The van der Waals surface area contributed by atoms with Gasteiger partial charge in [-0.15, -0.1) is 0 Å². The predicted octanol–water partition coefficient (Wildman–Crippen LogP) is 1.47. The number of nitrogens with one attached hydrogen (secondary N) is 1. The highest BCUT2D eigenvalue weighted by Crippen LogP contribution is 2.22. The molecule has 0 bridgehead atoms. The number of carbonyl (C=O) groups is 2. The molecule has 0 unspecified atom stereocenters. The first-order chi connectivity index (χ1) is 9.98. The Morgan fingerprint density at radius 3 is 2.76 bits per heavy atom. The monoisotopic (exact) mass is 283 g/mol. The van der Waals surface area contributed by atoms with E-state index in [0.717, 1.165) is 16.6 Å². The highest BCUT2D eigenvalue weighted by Gasteiger charge is 2.41. The second kappa shape index (κ2) is 4.84. The Balaban J connectivity index is 1.93. The first-order valence-electron chi connectivity index (χ1n) is 6.92. The van der Waals surface area contributed by atoms with Crippen LogP contribution < -0.4 is 5.32 Å². The lowest BCUT2D eigenvalue weighted by atomic mass is 9.98. The lowest BCUT2D eigenvalue weighted by Gasteiger charge is -2.40. The molecule has 2 amide bonds. The first-order valence-corrected chi connectivity index (χ1v) is 6.92. The number of para-hydroxylation sites is 1. The van der Waals surface area contributed by atoms with Crippen LogP contribution in [0.25, 0.3) is 10.9 Å². The third-order valence-electron chi connectivity index (χ3n) is 3.91. The molecule has 2 aromatic rings. The molecule has 108 valence electrons. The van der Waals surface area contributed by atoms with Crippen molar-refractivity contribution in [2.75, 3.05) is 6.54 Å². The molecule has 1 aliphatic rings. The molecule has 0 atom stereocenters. The average molecular weight is 283 g/mol. The molecule has 5 nitrogen and oxygen atoms in total. The predicted molar refractivity (Wildman–Crippen MR) is 79.4 cm³/mol. The van der Waals surface area contributed by atoms with Crippen molar-refractivity contribution < 1.29 is 9.59 Å². The van der Waals surface area contributed by atoms with Crippen molar-refractivity contribution in [1.82, 2.24) is 15.2 Å². The maximum absolute atomic E-state index is 12.1. The molecule has 0 spiro atoms. The molecule has 1 fully saturated rings. The van der Waals surface area contributed by atoms with Crippen LogP contribution in [-0.4, -0.2) is 33.8 Å². The topological polar surface area (TPSA) is 62.3 Å². The summed E-state index contributed by atoms with van der Waals surface area (Å²) in [6, 6.07) is 11.7. The number of hydrogen-bond donors (Lipinski definition) is 1. The molecule has 2 heterocycles. The Morgan fingerprint density at radius 2 is 1.95 bits per heavy atom. The van der Waals surface area contributed by atoms with Gasteiger partial charge in [0, 0.05) is 5.39 Å². The van der Waals surface area contributed by atoms with Gasteiger partial charge < -0.3 is 10.2 Å². The van der Waals surface area contributed by atoms with E-state index >= 15 is 0 Å². The van der Waals surface area contributed by atoms with E-state index in [2.05, 4.69) is 10.3 Å². The number of carbonyl (C=O) groups excluding carboxylic acids is 2. The van der Waals surface area contributed by atoms with Gasteiger partial charge >= 0.3 is 0 Å². The molecule has 1 aromatic carbocycles. The van der Waals surface area contributed by atoms with Gasteiger partial charge in [0.25, 0.3) is 0 Å². The van der Waals surface area contributed by atoms with Crippen molar-refractivity contribution in [2.45, 2.75) is 25.9 Å². The zero-order valence-electron chi connectivity index (χ0n) is 12.1. The van der Waals surface area contributed by atoms with Crippen molar-refractivity contribution in [3.8, 4) is 0 Å². The van der Waals surface area contributed by atoms with E-state index < -0.39 is 5.54 Å². The van der Waals surface area contributed by atoms with Crippen LogP contribution in [0.3, 0.4) is 0 Å². The summed E-state index contributed by atoms with van der Waals surface area (Å²) in [6.07, 6.45) is 0. The number of benzene rings is 1. The number of nitrogens with zero attached hydrogens (tertiary/aromatic N) is 2. The number of hydrogen-bond acceptors (Lipinski definition) is 3. The van der Waals surface area contributed by atoms with E-state index in [4.69, 9.17) is 0 Å². The van der Waals surface area contributed by atoms with E-state index in [1.807, 2.05) is 36.4 Å². The minimum absolute atomic E-state index is 0.0514. The fourth-order valence-electron chi connectivity index (χ4n) is 2.55. The molecule has 21 heavy (non-hydrogen) atoms. The zero-order chi connectivity index (χ0) is 15.0. The summed E-state index contributed by atoms with van der Waals surface area (Å²) in [5, 5.41) is 3.68. The van der Waals surface area contributed by atoms with Crippen LogP contribution in [0.4, 0.5) is 0 Å². The van der Waals surface area contributed by atoms with Gasteiger partial charge in [-0.3, -0.25) is 14.6 Å². The van der Waals surface area contributed by atoms with Gasteiger partial charge in [-0.2, -0.15) is 0 Å². The number of fused-ring (bicyclic) bond motifs is 1. The molecule has 5 heteroatoms. The quantitative estimate of drug-likeness (QED) is 0.908. The maximum Gasteiger partial charge on any atom is 0.245 e. The summed E-state index contributed by atoms with van der Waals surface area (Å²) < 4.78 is 0. The van der Waals surface area contributed by atoms with E-state index in [1.54, 1.807) is 18.7 Å². The molecular weight excluding hydrogens is 266 g/mol. The van der Waals surface area contributed by atoms with Crippen LogP contribution in [0.1, 0.15) is 19.5 Å². The standard InChI is InChI=1S/C16H17N3O2/c1-16(2)15(21)17-9-14(20)19(16)10-12-8-7-11-5-3-4-6-13(11)18-12/h3-8H,9-10H2,1-2H3,(H,17,21).